The number of benzene rings is 3. The van der Waals surface area contributed by atoms with Crippen molar-refractivity contribution in [1.29, 1.82) is 0 Å². The molecule has 2 aromatic heterocycles. The summed E-state index contributed by atoms with van der Waals surface area (Å²) in [7, 11) is 1.68. The number of thiophene rings is 2. The molecule has 6 heteroatoms. The van der Waals surface area contributed by atoms with E-state index in [1.165, 1.54) is 30.7 Å². The molecule has 0 N–H and O–H groups in total. The third kappa shape index (κ3) is 6.55. The van der Waals surface area contributed by atoms with Crippen LogP contribution in [0.1, 0.15) is 39.5 Å². The molecule has 0 aliphatic carbocycles. The molecular formula is C35H34F2O2S2. The molecule has 0 aliphatic heterocycles. The largest absolute Gasteiger partial charge is 0.496 e. The van der Waals surface area contributed by atoms with Gasteiger partial charge in [-0.1, -0.05) is 57.4 Å². The first-order valence-corrected chi connectivity index (χ1v) is 15.8. The smallest absolute Gasteiger partial charge is 0.128 e. The Kier molecular flexibility index (Phi) is 9.53. The van der Waals surface area contributed by atoms with Crippen LogP contribution in [-0.4, -0.2) is 13.7 Å². The van der Waals surface area contributed by atoms with Crippen LogP contribution < -0.4 is 9.47 Å². The van der Waals surface area contributed by atoms with E-state index in [1.54, 1.807) is 41.9 Å². The number of unbranched alkanes of at least 4 members (excludes halogenated alkanes) is 1. The van der Waals surface area contributed by atoms with Gasteiger partial charge in [0.05, 0.1) is 13.7 Å². The van der Waals surface area contributed by atoms with Crippen molar-refractivity contribution in [3.05, 3.63) is 95.2 Å². The highest BCUT2D eigenvalue weighted by Gasteiger charge is 2.22. The van der Waals surface area contributed by atoms with Gasteiger partial charge in [0.1, 0.15) is 23.1 Å². The fourth-order valence-corrected chi connectivity index (χ4v) is 6.94. The van der Waals surface area contributed by atoms with Crippen molar-refractivity contribution in [1.82, 2.24) is 0 Å². The molecule has 5 rings (SSSR count). The first kappa shape index (κ1) is 29.0. The second kappa shape index (κ2) is 13.5. The van der Waals surface area contributed by atoms with Crippen molar-refractivity contribution in [2.75, 3.05) is 13.7 Å². The van der Waals surface area contributed by atoms with Crippen LogP contribution in [0, 0.1) is 17.6 Å². The van der Waals surface area contributed by atoms with Gasteiger partial charge in [-0.3, -0.25) is 0 Å². The molecule has 1 atom stereocenters. The number of rotatable bonds is 12. The molecule has 41 heavy (non-hydrogen) atoms. The summed E-state index contributed by atoms with van der Waals surface area (Å²) in [6.45, 7) is 5.06. The summed E-state index contributed by atoms with van der Waals surface area (Å²) in [5.41, 5.74) is 5.81. The summed E-state index contributed by atoms with van der Waals surface area (Å²) in [5, 5.41) is 4.10. The SMILES string of the molecule is CCCCC(CC)COc1cc(-c2sccc2-c2ccc(F)cc2)c(OC)cc1-c1sccc1-c1ccc(F)cc1. The maximum Gasteiger partial charge on any atom is 0.128 e. The molecule has 0 spiro atoms. The molecule has 0 amide bonds. The predicted molar refractivity (Wildman–Crippen MR) is 169 cm³/mol. The van der Waals surface area contributed by atoms with Gasteiger partial charge < -0.3 is 9.47 Å². The molecule has 0 fully saturated rings. The van der Waals surface area contributed by atoms with E-state index in [0.29, 0.717) is 12.5 Å². The molecule has 1 unspecified atom stereocenters. The quantitative estimate of drug-likeness (QED) is 0.144. The normalized spacial score (nSPS) is 11.9. The van der Waals surface area contributed by atoms with E-state index in [-0.39, 0.29) is 11.6 Å². The summed E-state index contributed by atoms with van der Waals surface area (Å²) >= 11 is 3.25. The Hall–Kier alpha value is -3.48. The van der Waals surface area contributed by atoms with Gasteiger partial charge in [-0.25, -0.2) is 8.78 Å². The van der Waals surface area contributed by atoms with E-state index >= 15 is 0 Å². The molecule has 2 heterocycles. The summed E-state index contributed by atoms with van der Waals surface area (Å²) in [6.07, 6.45) is 4.52. The molecule has 212 valence electrons. The Balaban J connectivity index is 1.63. The lowest BCUT2D eigenvalue weighted by Crippen LogP contribution is -2.12. The Bertz CT molecular complexity index is 1570. The van der Waals surface area contributed by atoms with Gasteiger partial charge in [0.25, 0.3) is 0 Å². The van der Waals surface area contributed by atoms with Crippen LogP contribution in [0.2, 0.25) is 0 Å². The maximum atomic E-state index is 13.7. The first-order valence-electron chi connectivity index (χ1n) is 14.0. The minimum absolute atomic E-state index is 0.258. The van der Waals surface area contributed by atoms with Crippen molar-refractivity contribution in [2.45, 2.75) is 39.5 Å². The minimum atomic E-state index is -0.260. The van der Waals surface area contributed by atoms with Gasteiger partial charge in [0.15, 0.2) is 0 Å². The molecule has 2 nitrogen and oxygen atoms in total. The van der Waals surface area contributed by atoms with Gasteiger partial charge in [-0.2, -0.15) is 0 Å². The highest BCUT2D eigenvalue weighted by Crippen LogP contribution is 2.49. The molecule has 5 aromatic rings. The second-order valence-corrected chi connectivity index (χ2v) is 11.9. The van der Waals surface area contributed by atoms with E-state index in [0.717, 1.165) is 73.9 Å². The van der Waals surface area contributed by atoms with Crippen LogP contribution in [-0.2, 0) is 0 Å². The van der Waals surface area contributed by atoms with E-state index in [1.807, 2.05) is 17.5 Å². The predicted octanol–water partition coefficient (Wildman–Crippen LogP) is 11.4. The van der Waals surface area contributed by atoms with Crippen molar-refractivity contribution in [3.63, 3.8) is 0 Å². The van der Waals surface area contributed by atoms with Crippen molar-refractivity contribution < 1.29 is 18.3 Å². The Labute approximate surface area is 249 Å². The minimum Gasteiger partial charge on any atom is -0.496 e. The molecule has 0 radical (unpaired) electrons. The van der Waals surface area contributed by atoms with Crippen LogP contribution in [0.4, 0.5) is 8.78 Å². The fraction of sp³-hybridized carbons (Fsp3) is 0.257. The van der Waals surface area contributed by atoms with Gasteiger partial charge in [0.2, 0.25) is 0 Å². The van der Waals surface area contributed by atoms with E-state index in [9.17, 15) is 8.78 Å². The second-order valence-electron chi connectivity index (χ2n) is 10.1. The molecule has 0 saturated heterocycles. The standard InChI is InChI=1S/C35H34F2O2S2/c1-4-6-7-23(5-2)22-39-33-21-30(34-28(16-18-40-34)24-8-12-26(36)13-9-24)32(38-3)20-31(33)35-29(17-19-41-35)25-10-14-27(37)15-11-25/h8-21,23H,4-7,22H2,1-3H3. The topological polar surface area (TPSA) is 18.5 Å². The third-order valence-electron chi connectivity index (χ3n) is 7.45. The van der Waals surface area contributed by atoms with Crippen LogP contribution in [0.3, 0.4) is 0 Å². The zero-order valence-corrected chi connectivity index (χ0v) is 25.2. The van der Waals surface area contributed by atoms with Crippen LogP contribution in [0.5, 0.6) is 11.5 Å². The zero-order valence-electron chi connectivity index (χ0n) is 23.6. The monoisotopic (exact) mass is 588 g/mol. The third-order valence-corrected chi connectivity index (χ3v) is 9.35. The lowest BCUT2D eigenvalue weighted by molar-refractivity contribution is 0.234. The van der Waals surface area contributed by atoms with Crippen molar-refractivity contribution in [3.8, 4) is 54.6 Å². The summed E-state index contributed by atoms with van der Waals surface area (Å²) < 4.78 is 40.0. The maximum absolute atomic E-state index is 13.7. The lowest BCUT2D eigenvalue weighted by Gasteiger charge is -2.20. The van der Waals surface area contributed by atoms with E-state index in [2.05, 4.69) is 43.5 Å². The Morgan fingerprint density at radius 2 is 1.20 bits per heavy atom. The Morgan fingerprint density at radius 1 is 0.683 bits per heavy atom. The molecule has 0 aliphatic rings. The number of methoxy groups -OCH3 is 1. The number of ether oxygens (including phenoxy) is 2. The van der Waals surface area contributed by atoms with E-state index < -0.39 is 0 Å². The summed E-state index contributed by atoms with van der Waals surface area (Å²) in [4.78, 5) is 2.08. The number of halogens is 2. The van der Waals surface area contributed by atoms with Crippen LogP contribution in [0.25, 0.3) is 43.1 Å². The lowest BCUT2D eigenvalue weighted by atomic mass is 9.97. The van der Waals surface area contributed by atoms with Crippen molar-refractivity contribution in [2.24, 2.45) is 5.92 Å². The van der Waals surface area contributed by atoms with E-state index in [4.69, 9.17) is 9.47 Å². The molecular weight excluding hydrogens is 555 g/mol. The number of hydrogen-bond donors (Lipinski definition) is 0. The average Bonchev–Trinajstić information content (AvgIpc) is 3.68. The highest BCUT2D eigenvalue weighted by atomic mass is 32.1. The zero-order chi connectivity index (χ0) is 28.8. The van der Waals surface area contributed by atoms with Crippen LogP contribution >= 0.6 is 22.7 Å². The van der Waals surface area contributed by atoms with Gasteiger partial charge in [-0.15, -0.1) is 22.7 Å². The van der Waals surface area contributed by atoms with Gasteiger partial charge >= 0.3 is 0 Å². The molecule has 0 bridgehead atoms. The van der Waals surface area contributed by atoms with Gasteiger partial charge in [-0.05, 0) is 82.8 Å². The van der Waals surface area contributed by atoms with Crippen molar-refractivity contribution >= 4 is 22.7 Å². The Morgan fingerprint density at radius 3 is 1.68 bits per heavy atom. The highest BCUT2D eigenvalue weighted by molar-refractivity contribution is 7.14. The first-order chi connectivity index (χ1) is 20.0. The summed E-state index contributed by atoms with van der Waals surface area (Å²) in [6, 6.07) is 21.5. The van der Waals surface area contributed by atoms with Crippen LogP contribution in [0.15, 0.2) is 83.6 Å². The summed E-state index contributed by atoms with van der Waals surface area (Å²) in [5.74, 6) is 1.47. The average molecular weight is 589 g/mol. The molecule has 0 saturated carbocycles. The number of hydrogen-bond acceptors (Lipinski definition) is 4. The van der Waals surface area contributed by atoms with Gasteiger partial charge in [0, 0.05) is 32.0 Å². The fourth-order valence-electron chi connectivity index (χ4n) is 5.06. The molecule has 3 aromatic carbocycles.